The Hall–Kier alpha value is -0.990. The number of halogens is 4. The number of hydrogen-bond donors (Lipinski definition) is 2. The summed E-state index contributed by atoms with van der Waals surface area (Å²) in [7, 11) is 1.52. The maximum absolute atomic E-state index is 13.8. The summed E-state index contributed by atoms with van der Waals surface area (Å²) in [6.07, 6.45) is 1.64. The average Bonchev–Trinajstić information content (AvgIpc) is 2.56. The fourth-order valence-electron chi connectivity index (χ4n) is 2.98. The predicted molar refractivity (Wildman–Crippen MR) is 102 cm³/mol. The van der Waals surface area contributed by atoms with Crippen molar-refractivity contribution < 1.29 is 18.3 Å². The Balaban J connectivity index is 0.00000312. The van der Waals surface area contributed by atoms with Crippen LogP contribution >= 0.6 is 24.8 Å². The van der Waals surface area contributed by atoms with E-state index in [1.54, 1.807) is 0 Å². The van der Waals surface area contributed by atoms with Gasteiger partial charge in [-0.3, -0.25) is 9.69 Å². The second-order valence-corrected chi connectivity index (χ2v) is 6.14. The van der Waals surface area contributed by atoms with Crippen molar-refractivity contribution in [2.24, 2.45) is 5.73 Å². The predicted octanol–water partition coefficient (Wildman–Crippen LogP) is 2.25. The molecule has 1 aromatic carbocycles. The van der Waals surface area contributed by atoms with Crippen LogP contribution < -0.4 is 11.1 Å². The molecule has 5 nitrogen and oxygen atoms in total. The molecule has 150 valence electrons. The summed E-state index contributed by atoms with van der Waals surface area (Å²) in [6.45, 7) is 1.81. The third kappa shape index (κ3) is 7.32. The third-order valence-electron chi connectivity index (χ3n) is 4.32. The third-order valence-corrected chi connectivity index (χ3v) is 4.32. The number of rotatable bonds is 7. The second-order valence-electron chi connectivity index (χ2n) is 6.14. The number of nitrogens with zero attached hydrogens (tertiary/aromatic N) is 1. The number of amides is 1. The van der Waals surface area contributed by atoms with E-state index in [0.29, 0.717) is 6.54 Å². The molecule has 1 saturated heterocycles. The zero-order valence-corrected chi connectivity index (χ0v) is 16.4. The summed E-state index contributed by atoms with van der Waals surface area (Å²) in [5.74, 6) is -1.18. The van der Waals surface area contributed by atoms with Crippen LogP contribution in [-0.4, -0.2) is 49.7 Å². The molecule has 9 heteroatoms. The zero-order valence-electron chi connectivity index (χ0n) is 14.7. The Morgan fingerprint density at radius 2 is 2.04 bits per heavy atom. The molecular formula is C17H27Cl2F2N3O2. The number of nitrogens with two attached hydrogens (primary N) is 1. The first-order chi connectivity index (χ1) is 11.5. The number of methoxy groups -OCH3 is 1. The quantitative estimate of drug-likeness (QED) is 0.719. The first-order valence-electron chi connectivity index (χ1n) is 8.21. The SMILES string of the molecule is COC(CN)CC(=O)NC1CCCN(Cc2c(F)cccc2F)C1.Cl.Cl. The van der Waals surface area contributed by atoms with Gasteiger partial charge in [-0.15, -0.1) is 24.8 Å². The van der Waals surface area contributed by atoms with Gasteiger partial charge in [0.1, 0.15) is 11.6 Å². The number of likely N-dealkylation sites (tertiary alicyclic amines) is 1. The number of nitrogens with one attached hydrogen (secondary N) is 1. The first-order valence-corrected chi connectivity index (χ1v) is 8.21. The van der Waals surface area contributed by atoms with Gasteiger partial charge >= 0.3 is 0 Å². The maximum Gasteiger partial charge on any atom is 0.222 e. The molecule has 0 saturated carbocycles. The Morgan fingerprint density at radius 1 is 1.38 bits per heavy atom. The molecule has 2 rings (SSSR count). The van der Waals surface area contributed by atoms with Crippen LogP contribution in [0.15, 0.2) is 18.2 Å². The molecule has 1 amide bonds. The lowest BCUT2D eigenvalue weighted by molar-refractivity contribution is -0.124. The monoisotopic (exact) mass is 413 g/mol. The molecule has 0 aromatic heterocycles. The van der Waals surface area contributed by atoms with Gasteiger partial charge in [0, 0.05) is 38.3 Å². The molecule has 0 spiro atoms. The van der Waals surface area contributed by atoms with Gasteiger partial charge < -0.3 is 15.8 Å². The van der Waals surface area contributed by atoms with E-state index in [1.165, 1.54) is 25.3 Å². The van der Waals surface area contributed by atoms with Crippen molar-refractivity contribution in [1.82, 2.24) is 10.2 Å². The Bertz CT molecular complexity index is 543. The number of ether oxygens (including phenoxy) is 1. The van der Waals surface area contributed by atoms with Crippen molar-refractivity contribution in [3.05, 3.63) is 35.4 Å². The lowest BCUT2D eigenvalue weighted by Gasteiger charge is -2.33. The Morgan fingerprint density at radius 3 is 2.62 bits per heavy atom. The highest BCUT2D eigenvalue weighted by molar-refractivity contribution is 5.85. The van der Waals surface area contributed by atoms with Crippen LogP contribution in [0.2, 0.25) is 0 Å². The summed E-state index contributed by atoms with van der Waals surface area (Å²) >= 11 is 0. The second kappa shape index (κ2) is 12.4. The van der Waals surface area contributed by atoms with Gasteiger partial charge in [0.2, 0.25) is 5.91 Å². The van der Waals surface area contributed by atoms with Crippen molar-refractivity contribution >= 4 is 30.7 Å². The largest absolute Gasteiger partial charge is 0.380 e. The summed E-state index contributed by atoms with van der Waals surface area (Å²) in [4.78, 5) is 14.0. The number of carbonyl (C=O) groups excluding carboxylic acids is 1. The molecule has 0 aliphatic carbocycles. The molecular weight excluding hydrogens is 387 g/mol. The van der Waals surface area contributed by atoms with Crippen LogP contribution in [0.3, 0.4) is 0 Å². The minimum Gasteiger partial charge on any atom is -0.380 e. The van der Waals surface area contributed by atoms with Gasteiger partial charge in [0.15, 0.2) is 0 Å². The van der Waals surface area contributed by atoms with Crippen molar-refractivity contribution in [2.45, 2.75) is 38.0 Å². The van der Waals surface area contributed by atoms with Gasteiger partial charge in [-0.05, 0) is 31.5 Å². The highest BCUT2D eigenvalue weighted by Gasteiger charge is 2.24. The van der Waals surface area contributed by atoms with Crippen molar-refractivity contribution in [3.63, 3.8) is 0 Å². The molecule has 26 heavy (non-hydrogen) atoms. The van der Waals surface area contributed by atoms with E-state index in [-0.39, 0.29) is 67.9 Å². The van der Waals surface area contributed by atoms with Gasteiger partial charge in [0.05, 0.1) is 12.5 Å². The molecule has 1 aliphatic heterocycles. The molecule has 1 fully saturated rings. The van der Waals surface area contributed by atoms with Crippen molar-refractivity contribution in [3.8, 4) is 0 Å². The van der Waals surface area contributed by atoms with E-state index in [4.69, 9.17) is 10.5 Å². The van der Waals surface area contributed by atoms with Gasteiger partial charge in [-0.25, -0.2) is 8.78 Å². The van der Waals surface area contributed by atoms with Crippen LogP contribution in [0.1, 0.15) is 24.8 Å². The summed E-state index contributed by atoms with van der Waals surface area (Å²) < 4.78 is 32.7. The number of hydrogen-bond acceptors (Lipinski definition) is 4. The first kappa shape index (κ1) is 25.0. The molecule has 0 bridgehead atoms. The van der Waals surface area contributed by atoms with E-state index < -0.39 is 11.6 Å². The summed E-state index contributed by atoms with van der Waals surface area (Å²) in [5, 5.41) is 2.96. The van der Waals surface area contributed by atoms with Gasteiger partial charge in [0.25, 0.3) is 0 Å². The standard InChI is InChI=1S/C17H25F2N3O2.2ClH/c1-24-13(9-20)8-17(23)21-12-4-3-7-22(10-12)11-14-15(18)5-2-6-16(14)19;;/h2,5-6,12-13H,3-4,7-11,20H2,1H3,(H,21,23);2*1H. The van der Waals surface area contributed by atoms with Crippen LogP contribution in [0.4, 0.5) is 8.78 Å². The van der Waals surface area contributed by atoms with Crippen molar-refractivity contribution in [1.29, 1.82) is 0 Å². The molecule has 1 aliphatic rings. The van der Waals surface area contributed by atoms with Crippen LogP contribution in [0.25, 0.3) is 0 Å². The van der Waals surface area contributed by atoms with E-state index in [1.807, 2.05) is 4.90 Å². The lowest BCUT2D eigenvalue weighted by atomic mass is 10.0. The Labute approximate surface area is 165 Å². The van der Waals surface area contributed by atoms with E-state index >= 15 is 0 Å². The lowest BCUT2D eigenvalue weighted by Crippen LogP contribution is -2.48. The molecule has 2 atom stereocenters. The summed E-state index contributed by atoms with van der Waals surface area (Å²) in [6, 6.07) is 3.85. The van der Waals surface area contributed by atoms with Gasteiger partial charge in [-0.2, -0.15) is 0 Å². The molecule has 1 heterocycles. The molecule has 3 N–H and O–H groups in total. The average molecular weight is 414 g/mol. The topological polar surface area (TPSA) is 67.6 Å². The smallest absolute Gasteiger partial charge is 0.222 e. The summed E-state index contributed by atoms with van der Waals surface area (Å²) in [5.41, 5.74) is 5.59. The normalized spacial score (nSPS) is 18.4. The van der Waals surface area contributed by atoms with E-state index in [0.717, 1.165) is 19.4 Å². The Kier molecular flexibility index (Phi) is 11.9. The molecule has 2 unspecified atom stereocenters. The van der Waals surface area contributed by atoms with Crippen LogP contribution in [0.5, 0.6) is 0 Å². The fraction of sp³-hybridized carbons (Fsp3) is 0.588. The van der Waals surface area contributed by atoms with Crippen LogP contribution in [-0.2, 0) is 16.1 Å². The highest BCUT2D eigenvalue weighted by Crippen LogP contribution is 2.18. The highest BCUT2D eigenvalue weighted by atomic mass is 35.5. The fourth-order valence-corrected chi connectivity index (χ4v) is 2.98. The molecule has 1 aromatic rings. The zero-order chi connectivity index (χ0) is 17.5. The van der Waals surface area contributed by atoms with Crippen LogP contribution in [0, 0.1) is 11.6 Å². The minimum absolute atomic E-state index is 0. The van der Waals surface area contributed by atoms with E-state index in [2.05, 4.69) is 5.32 Å². The maximum atomic E-state index is 13.8. The minimum atomic E-state index is -0.535. The number of benzene rings is 1. The number of carbonyl (C=O) groups is 1. The molecule has 0 radical (unpaired) electrons. The van der Waals surface area contributed by atoms with Gasteiger partial charge in [-0.1, -0.05) is 6.07 Å². The van der Waals surface area contributed by atoms with Crippen molar-refractivity contribution in [2.75, 3.05) is 26.7 Å². The van der Waals surface area contributed by atoms with E-state index in [9.17, 15) is 13.6 Å². The number of piperidine rings is 1.